The number of ether oxygens (including phenoxy) is 1. The fraction of sp³-hybridized carbons (Fsp3) is 0.0952. The van der Waals surface area contributed by atoms with Gasteiger partial charge in [-0.2, -0.15) is 5.26 Å². The molecular weight excluding hydrogens is 340 g/mol. The molecule has 0 unspecified atom stereocenters. The molecule has 0 aliphatic heterocycles. The first-order valence-corrected chi connectivity index (χ1v) is 8.33. The number of hydrogen-bond donors (Lipinski definition) is 2. The van der Waals surface area contributed by atoms with E-state index < -0.39 is 0 Å². The van der Waals surface area contributed by atoms with Crippen molar-refractivity contribution in [2.75, 3.05) is 17.7 Å². The van der Waals surface area contributed by atoms with Gasteiger partial charge >= 0.3 is 0 Å². The molecule has 6 heteroatoms. The van der Waals surface area contributed by atoms with Gasteiger partial charge < -0.3 is 15.4 Å². The summed E-state index contributed by atoms with van der Waals surface area (Å²) in [7, 11) is 1.63. The average Bonchev–Trinajstić information content (AvgIpc) is 2.73. The molecule has 0 aliphatic carbocycles. The topological polar surface area (TPSA) is 87.0 Å². The lowest BCUT2D eigenvalue weighted by Crippen LogP contribution is -2.15. The third kappa shape index (κ3) is 4.61. The number of methoxy groups -OCH3 is 1. The minimum atomic E-state index is -0.370. The molecule has 6 nitrogen and oxygen atoms in total. The van der Waals surface area contributed by atoms with Crippen molar-refractivity contribution in [2.45, 2.75) is 6.54 Å². The molecule has 3 rings (SSSR count). The number of rotatable bonds is 6. The number of anilines is 2. The van der Waals surface area contributed by atoms with Gasteiger partial charge in [0.05, 0.1) is 18.4 Å². The summed E-state index contributed by atoms with van der Waals surface area (Å²) in [5.41, 5.74) is 2.99. The van der Waals surface area contributed by atoms with Gasteiger partial charge in [-0.25, -0.2) is 0 Å². The summed E-state index contributed by atoms with van der Waals surface area (Å²) < 4.78 is 5.15. The summed E-state index contributed by atoms with van der Waals surface area (Å²) in [4.78, 5) is 16.6. The molecule has 2 N–H and O–H groups in total. The SMILES string of the molecule is COc1ccc(CNc2ccnc(C(=O)Nc3ccccc3C#N)c2)cc1. The van der Waals surface area contributed by atoms with Gasteiger partial charge in [-0.05, 0) is 42.0 Å². The summed E-state index contributed by atoms with van der Waals surface area (Å²) in [6.07, 6.45) is 1.57. The van der Waals surface area contributed by atoms with Crippen LogP contribution in [-0.2, 0) is 6.54 Å². The molecule has 134 valence electrons. The number of nitrogens with one attached hydrogen (secondary N) is 2. The summed E-state index contributed by atoms with van der Waals surface area (Å²) >= 11 is 0. The summed E-state index contributed by atoms with van der Waals surface area (Å²) in [6.45, 7) is 0.604. The van der Waals surface area contributed by atoms with Crippen LogP contribution in [0.3, 0.4) is 0 Å². The molecule has 2 aromatic carbocycles. The van der Waals surface area contributed by atoms with E-state index >= 15 is 0 Å². The first-order valence-electron chi connectivity index (χ1n) is 8.33. The number of nitrogens with zero attached hydrogens (tertiary/aromatic N) is 2. The lowest BCUT2D eigenvalue weighted by atomic mass is 10.2. The molecule has 0 radical (unpaired) electrons. The van der Waals surface area contributed by atoms with Crippen molar-refractivity contribution in [1.29, 1.82) is 5.26 Å². The quantitative estimate of drug-likeness (QED) is 0.699. The Morgan fingerprint density at radius 3 is 2.67 bits per heavy atom. The largest absolute Gasteiger partial charge is 0.497 e. The van der Waals surface area contributed by atoms with Crippen molar-refractivity contribution < 1.29 is 9.53 Å². The van der Waals surface area contributed by atoms with Gasteiger partial charge in [-0.3, -0.25) is 9.78 Å². The van der Waals surface area contributed by atoms with Crippen LogP contribution in [-0.4, -0.2) is 18.0 Å². The number of aromatic nitrogens is 1. The molecule has 0 saturated carbocycles. The van der Waals surface area contributed by atoms with Crippen LogP contribution in [0.15, 0.2) is 66.9 Å². The highest BCUT2D eigenvalue weighted by atomic mass is 16.5. The second-order valence-corrected chi connectivity index (χ2v) is 5.74. The molecule has 0 spiro atoms. The molecule has 0 bridgehead atoms. The number of carbonyl (C=O) groups is 1. The van der Waals surface area contributed by atoms with E-state index in [1.54, 1.807) is 49.7 Å². The van der Waals surface area contributed by atoms with E-state index in [0.717, 1.165) is 17.0 Å². The van der Waals surface area contributed by atoms with Crippen molar-refractivity contribution in [1.82, 2.24) is 4.98 Å². The number of carbonyl (C=O) groups excluding carboxylic acids is 1. The van der Waals surface area contributed by atoms with Crippen molar-refractivity contribution in [3.63, 3.8) is 0 Å². The van der Waals surface area contributed by atoms with Crippen LogP contribution in [0.2, 0.25) is 0 Å². The van der Waals surface area contributed by atoms with Crippen LogP contribution in [0, 0.1) is 11.3 Å². The van der Waals surface area contributed by atoms with Gasteiger partial charge in [0.1, 0.15) is 17.5 Å². The van der Waals surface area contributed by atoms with Gasteiger partial charge in [0, 0.05) is 18.4 Å². The smallest absolute Gasteiger partial charge is 0.274 e. The Balaban J connectivity index is 1.67. The molecule has 1 heterocycles. The van der Waals surface area contributed by atoms with Crippen LogP contribution >= 0.6 is 0 Å². The van der Waals surface area contributed by atoms with E-state index in [-0.39, 0.29) is 11.6 Å². The Bertz CT molecular complexity index is 978. The molecular formula is C21H18N4O2. The Kier molecular flexibility index (Phi) is 5.65. The predicted octanol–water partition coefficient (Wildman–Crippen LogP) is 3.83. The summed E-state index contributed by atoms with van der Waals surface area (Å²) in [6, 6.07) is 20.1. The lowest BCUT2D eigenvalue weighted by Gasteiger charge is -2.10. The predicted molar refractivity (Wildman–Crippen MR) is 104 cm³/mol. The minimum Gasteiger partial charge on any atom is -0.497 e. The first-order chi connectivity index (χ1) is 13.2. The maximum absolute atomic E-state index is 12.5. The highest BCUT2D eigenvalue weighted by Crippen LogP contribution is 2.17. The Morgan fingerprint density at radius 2 is 1.93 bits per heavy atom. The Labute approximate surface area is 157 Å². The van der Waals surface area contributed by atoms with Gasteiger partial charge in [0.15, 0.2) is 0 Å². The van der Waals surface area contributed by atoms with Crippen LogP contribution < -0.4 is 15.4 Å². The standard InChI is InChI=1S/C21H18N4O2/c1-27-18-8-6-15(7-9-18)14-24-17-10-11-23-20(12-17)21(26)25-19-5-3-2-4-16(19)13-22/h2-12H,14H2,1H3,(H,23,24)(H,25,26). The van der Waals surface area contributed by atoms with E-state index in [1.807, 2.05) is 24.3 Å². The second-order valence-electron chi connectivity index (χ2n) is 5.74. The Morgan fingerprint density at radius 1 is 1.15 bits per heavy atom. The number of para-hydroxylation sites is 1. The molecule has 1 amide bonds. The zero-order valence-electron chi connectivity index (χ0n) is 14.8. The van der Waals surface area contributed by atoms with Gasteiger partial charge in [-0.1, -0.05) is 24.3 Å². The number of hydrogen-bond acceptors (Lipinski definition) is 5. The molecule has 27 heavy (non-hydrogen) atoms. The maximum Gasteiger partial charge on any atom is 0.274 e. The third-order valence-electron chi connectivity index (χ3n) is 3.94. The van der Waals surface area contributed by atoms with Crippen LogP contribution in [0.4, 0.5) is 11.4 Å². The van der Waals surface area contributed by atoms with Crippen LogP contribution in [0.5, 0.6) is 5.75 Å². The average molecular weight is 358 g/mol. The molecule has 0 aliphatic rings. The first kappa shape index (κ1) is 18.0. The second kappa shape index (κ2) is 8.50. The van der Waals surface area contributed by atoms with Crippen molar-refractivity contribution >= 4 is 17.3 Å². The Hall–Kier alpha value is -3.85. The van der Waals surface area contributed by atoms with E-state index in [2.05, 4.69) is 21.7 Å². The van der Waals surface area contributed by atoms with Gasteiger partial charge in [0.2, 0.25) is 0 Å². The highest BCUT2D eigenvalue weighted by Gasteiger charge is 2.10. The molecule has 0 saturated heterocycles. The number of benzene rings is 2. The van der Waals surface area contributed by atoms with E-state index in [0.29, 0.717) is 17.8 Å². The van der Waals surface area contributed by atoms with Crippen molar-refractivity contribution in [3.05, 3.63) is 83.7 Å². The number of pyridine rings is 1. The van der Waals surface area contributed by atoms with Gasteiger partial charge in [0.25, 0.3) is 5.91 Å². The maximum atomic E-state index is 12.5. The van der Waals surface area contributed by atoms with Crippen LogP contribution in [0.25, 0.3) is 0 Å². The number of amides is 1. The fourth-order valence-corrected chi connectivity index (χ4v) is 2.49. The summed E-state index contributed by atoms with van der Waals surface area (Å²) in [5, 5.41) is 15.1. The minimum absolute atomic E-state index is 0.266. The fourth-order valence-electron chi connectivity index (χ4n) is 2.49. The zero-order valence-corrected chi connectivity index (χ0v) is 14.8. The normalized spacial score (nSPS) is 9.93. The van der Waals surface area contributed by atoms with E-state index in [4.69, 9.17) is 10.00 Å². The third-order valence-corrected chi connectivity index (χ3v) is 3.94. The van der Waals surface area contributed by atoms with E-state index in [9.17, 15) is 4.79 Å². The molecule has 3 aromatic rings. The van der Waals surface area contributed by atoms with Crippen LogP contribution in [0.1, 0.15) is 21.6 Å². The molecule has 1 aromatic heterocycles. The monoisotopic (exact) mass is 358 g/mol. The molecule has 0 atom stereocenters. The van der Waals surface area contributed by atoms with E-state index in [1.165, 1.54) is 0 Å². The van der Waals surface area contributed by atoms with Gasteiger partial charge in [-0.15, -0.1) is 0 Å². The number of nitriles is 1. The highest BCUT2D eigenvalue weighted by molar-refractivity contribution is 6.04. The molecule has 0 fully saturated rings. The van der Waals surface area contributed by atoms with Crippen molar-refractivity contribution in [3.8, 4) is 11.8 Å². The lowest BCUT2D eigenvalue weighted by molar-refractivity contribution is 0.102. The summed E-state index contributed by atoms with van der Waals surface area (Å²) in [5.74, 6) is 0.435. The zero-order chi connectivity index (χ0) is 19.1. The van der Waals surface area contributed by atoms with Crippen molar-refractivity contribution in [2.24, 2.45) is 0 Å².